The summed E-state index contributed by atoms with van der Waals surface area (Å²) in [7, 11) is -4.19. The number of aliphatic hydroxyl groups excluding tert-OH is 1. The van der Waals surface area contributed by atoms with E-state index in [4.69, 9.17) is 25.6 Å². The van der Waals surface area contributed by atoms with Gasteiger partial charge in [-0.3, -0.25) is 4.79 Å². The van der Waals surface area contributed by atoms with Crippen molar-refractivity contribution in [1.29, 1.82) is 0 Å². The molecule has 0 spiro atoms. The normalized spacial score (nSPS) is 12.8. The highest BCUT2D eigenvalue weighted by molar-refractivity contribution is 7.93. The van der Waals surface area contributed by atoms with E-state index < -0.39 is 15.9 Å². The summed E-state index contributed by atoms with van der Waals surface area (Å²) in [6.07, 6.45) is 0.352. The number of fused-ring (bicyclic) bond motifs is 1. The van der Waals surface area contributed by atoms with Gasteiger partial charge in [0.2, 0.25) is 6.79 Å². The van der Waals surface area contributed by atoms with Gasteiger partial charge in [-0.15, -0.1) is 11.3 Å². The largest absolute Gasteiger partial charge is 0.453 e. The Labute approximate surface area is 192 Å². The van der Waals surface area contributed by atoms with E-state index in [1.807, 2.05) is 0 Å². The molecule has 10 nitrogen and oxygen atoms in total. The number of nitrogens with zero attached hydrogens (tertiary/aromatic N) is 1. The molecule has 4 rings (SSSR count). The SMILES string of the molecule is Cc1noc(NS(=O)(=O)c2ccsc2C(=O)Nc2c(C)c(CCO)cc3c2OCO3)c1Cl. The lowest BCUT2D eigenvalue weighted by molar-refractivity contribution is 0.102. The van der Waals surface area contributed by atoms with Gasteiger partial charge in [0.15, 0.2) is 11.5 Å². The molecule has 0 saturated carbocycles. The topological polar surface area (TPSA) is 140 Å². The molecule has 1 aliphatic rings. The highest BCUT2D eigenvalue weighted by Gasteiger charge is 2.29. The van der Waals surface area contributed by atoms with Crippen LogP contribution in [0, 0.1) is 13.8 Å². The summed E-state index contributed by atoms with van der Waals surface area (Å²) in [6.45, 7) is 3.23. The molecule has 13 heteroatoms. The molecule has 1 aliphatic heterocycles. The zero-order chi connectivity index (χ0) is 23.0. The van der Waals surface area contributed by atoms with Gasteiger partial charge in [0.05, 0.1) is 5.69 Å². The Morgan fingerprint density at radius 2 is 2.12 bits per heavy atom. The molecule has 3 aromatic rings. The third-order valence-electron chi connectivity index (χ3n) is 4.79. The number of ether oxygens (including phenoxy) is 2. The highest BCUT2D eigenvalue weighted by Crippen LogP contribution is 2.43. The first-order chi connectivity index (χ1) is 15.2. The zero-order valence-electron chi connectivity index (χ0n) is 16.9. The minimum absolute atomic E-state index is 0.0138. The first-order valence-corrected chi connectivity index (χ1v) is 12.0. The molecular weight excluding hydrogens is 482 g/mol. The molecule has 3 N–H and O–H groups in total. The maximum atomic E-state index is 13.1. The van der Waals surface area contributed by atoms with E-state index in [0.29, 0.717) is 34.9 Å². The number of aliphatic hydroxyl groups is 1. The summed E-state index contributed by atoms with van der Waals surface area (Å²) in [5.41, 5.74) is 2.12. The second kappa shape index (κ2) is 8.62. The minimum atomic E-state index is -4.19. The van der Waals surface area contributed by atoms with Crippen LogP contribution in [0.15, 0.2) is 26.9 Å². The van der Waals surface area contributed by atoms with Crippen LogP contribution in [0.2, 0.25) is 5.02 Å². The summed E-state index contributed by atoms with van der Waals surface area (Å²) < 4.78 is 43.8. The molecule has 0 aliphatic carbocycles. The molecule has 1 amide bonds. The van der Waals surface area contributed by atoms with Crippen LogP contribution in [0.25, 0.3) is 0 Å². The second-order valence-corrected chi connectivity index (χ2v) is 9.77. The smallest absolute Gasteiger partial charge is 0.267 e. The number of rotatable bonds is 7. The number of carbonyl (C=O) groups excluding carboxylic acids is 1. The van der Waals surface area contributed by atoms with Gasteiger partial charge in [-0.25, -0.2) is 13.1 Å². The summed E-state index contributed by atoms with van der Waals surface area (Å²) in [5, 5.41) is 17.2. The van der Waals surface area contributed by atoms with Gasteiger partial charge in [-0.05, 0) is 48.9 Å². The van der Waals surface area contributed by atoms with E-state index in [9.17, 15) is 18.3 Å². The summed E-state index contributed by atoms with van der Waals surface area (Å²) >= 11 is 6.95. The van der Waals surface area contributed by atoms with Crippen LogP contribution < -0.4 is 19.5 Å². The Morgan fingerprint density at radius 3 is 2.81 bits per heavy atom. The molecule has 2 aromatic heterocycles. The highest BCUT2D eigenvalue weighted by atomic mass is 35.5. The molecule has 170 valence electrons. The van der Waals surface area contributed by atoms with Crippen LogP contribution in [0.5, 0.6) is 11.5 Å². The summed E-state index contributed by atoms with van der Waals surface area (Å²) in [5.74, 6) is -0.106. The number of aryl methyl sites for hydroxylation is 1. The van der Waals surface area contributed by atoms with Gasteiger partial charge in [0.1, 0.15) is 20.5 Å². The van der Waals surface area contributed by atoms with E-state index in [1.165, 1.54) is 11.4 Å². The van der Waals surface area contributed by atoms with Gasteiger partial charge in [0.25, 0.3) is 21.8 Å². The van der Waals surface area contributed by atoms with Gasteiger partial charge >= 0.3 is 0 Å². The van der Waals surface area contributed by atoms with Crippen molar-refractivity contribution in [3.8, 4) is 11.5 Å². The number of aromatic nitrogens is 1. The van der Waals surface area contributed by atoms with Crippen LogP contribution in [0.4, 0.5) is 11.6 Å². The Kier molecular flexibility index (Phi) is 6.03. The van der Waals surface area contributed by atoms with Crippen molar-refractivity contribution in [3.63, 3.8) is 0 Å². The van der Waals surface area contributed by atoms with Crippen molar-refractivity contribution in [1.82, 2.24) is 5.16 Å². The van der Waals surface area contributed by atoms with E-state index in [0.717, 1.165) is 16.9 Å². The molecule has 0 saturated heterocycles. The molecule has 0 fully saturated rings. The Bertz CT molecular complexity index is 1300. The van der Waals surface area contributed by atoms with Crippen molar-refractivity contribution in [3.05, 3.63) is 44.2 Å². The van der Waals surface area contributed by atoms with E-state index >= 15 is 0 Å². The van der Waals surface area contributed by atoms with Gasteiger partial charge in [0, 0.05) is 6.61 Å². The lowest BCUT2D eigenvalue weighted by Gasteiger charge is -2.15. The Morgan fingerprint density at radius 1 is 1.34 bits per heavy atom. The lowest BCUT2D eigenvalue weighted by atomic mass is 10.0. The molecule has 0 atom stereocenters. The van der Waals surface area contributed by atoms with Gasteiger partial charge < -0.3 is 24.4 Å². The summed E-state index contributed by atoms with van der Waals surface area (Å²) in [6, 6.07) is 3.05. The number of sulfonamides is 1. The second-order valence-electron chi connectivity index (χ2n) is 6.83. The van der Waals surface area contributed by atoms with E-state index in [-0.39, 0.29) is 34.1 Å². The number of halogens is 1. The molecule has 3 heterocycles. The quantitative estimate of drug-likeness (QED) is 0.449. The van der Waals surface area contributed by atoms with Crippen molar-refractivity contribution < 1.29 is 32.3 Å². The maximum Gasteiger partial charge on any atom is 0.267 e. The molecule has 32 heavy (non-hydrogen) atoms. The van der Waals surface area contributed by atoms with Crippen LogP contribution in [-0.2, 0) is 16.4 Å². The predicted molar refractivity (Wildman–Crippen MR) is 117 cm³/mol. The van der Waals surface area contributed by atoms with Crippen LogP contribution in [-0.4, -0.2) is 38.0 Å². The van der Waals surface area contributed by atoms with Crippen LogP contribution in [0.3, 0.4) is 0 Å². The zero-order valence-corrected chi connectivity index (χ0v) is 19.3. The van der Waals surface area contributed by atoms with Crippen LogP contribution in [0.1, 0.15) is 26.5 Å². The fourth-order valence-corrected chi connectivity index (χ4v) is 5.65. The Hall–Kier alpha value is -2.80. The van der Waals surface area contributed by atoms with Gasteiger partial charge in [-0.1, -0.05) is 16.8 Å². The van der Waals surface area contributed by atoms with E-state index in [1.54, 1.807) is 19.9 Å². The number of amides is 1. The number of hydrogen-bond acceptors (Lipinski definition) is 9. The maximum absolute atomic E-state index is 13.1. The van der Waals surface area contributed by atoms with Gasteiger partial charge in [-0.2, -0.15) is 0 Å². The number of thiophene rings is 1. The number of carbonyl (C=O) groups is 1. The average molecular weight is 500 g/mol. The predicted octanol–water partition coefficient (Wildman–Crippen LogP) is 3.32. The molecule has 0 radical (unpaired) electrons. The summed E-state index contributed by atoms with van der Waals surface area (Å²) in [4.78, 5) is 12.8. The van der Waals surface area contributed by atoms with Crippen molar-refractivity contribution >= 4 is 50.4 Å². The lowest BCUT2D eigenvalue weighted by Crippen LogP contribution is -2.19. The van der Waals surface area contributed by atoms with Crippen molar-refractivity contribution in [2.75, 3.05) is 23.4 Å². The minimum Gasteiger partial charge on any atom is -0.453 e. The number of anilines is 2. The fourth-order valence-electron chi connectivity index (χ4n) is 3.16. The van der Waals surface area contributed by atoms with Crippen LogP contribution >= 0.6 is 22.9 Å². The standard InChI is InChI=1S/C19H18ClN3O7S2/c1-9-11(3-5-24)7-12-16(29-8-28-12)15(9)21-18(25)17-13(4-6-31-17)32(26,27)23-19-14(20)10(2)22-30-19/h4,6-7,23-24H,3,5,8H2,1-2H3,(H,21,25). The number of benzene rings is 1. The first-order valence-electron chi connectivity index (χ1n) is 9.29. The molecule has 0 unspecified atom stereocenters. The third-order valence-corrected chi connectivity index (χ3v) is 7.65. The first kappa shape index (κ1) is 22.4. The molecular formula is C19H18ClN3O7S2. The monoisotopic (exact) mass is 499 g/mol. The van der Waals surface area contributed by atoms with Crippen molar-refractivity contribution in [2.45, 2.75) is 25.2 Å². The fraction of sp³-hybridized carbons (Fsp3) is 0.263. The molecule has 1 aromatic carbocycles. The third kappa shape index (κ3) is 4.01. The van der Waals surface area contributed by atoms with Crippen molar-refractivity contribution in [2.24, 2.45) is 0 Å². The number of nitrogens with one attached hydrogen (secondary N) is 2. The van der Waals surface area contributed by atoms with E-state index in [2.05, 4.69) is 15.2 Å². The number of hydrogen-bond donors (Lipinski definition) is 3. The average Bonchev–Trinajstić information content (AvgIpc) is 3.48. The molecule has 0 bridgehead atoms. The Balaban J connectivity index is 1.66.